The molecule has 2 N–H and O–H groups in total. The van der Waals surface area contributed by atoms with Crippen LogP contribution >= 0.6 is 34.5 Å². The van der Waals surface area contributed by atoms with E-state index in [1.807, 2.05) is 17.5 Å². The quantitative estimate of drug-likeness (QED) is 0.909. The number of nitrogens with two attached hydrogens (primary N) is 1. The second-order valence-electron chi connectivity index (χ2n) is 4.12. The molecule has 0 aliphatic carbocycles. The molecule has 2 aromatic rings. The van der Waals surface area contributed by atoms with Crippen LogP contribution < -0.4 is 5.73 Å². The van der Waals surface area contributed by atoms with E-state index in [2.05, 4.69) is 11.9 Å². The summed E-state index contributed by atoms with van der Waals surface area (Å²) in [4.78, 5) is 4.57. The van der Waals surface area contributed by atoms with Crippen LogP contribution in [0, 0.1) is 0 Å². The highest BCUT2D eigenvalue weighted by atomic mass is 35.5. The predicted molar refractivity (Wildman–Crippen MR) is 79.5 cm³/mol. The van der Waals surface area contributed by atoms with Gasteiger partial charge in [0, 0.05) is 28.4 Å². The fraction of sp³-hybridized carbons (Fsp3) is 0.308. The number of thiazole rings is 1. The minimum Gasteiger partial charge on any atom is -0.327 e. The zero-order valence-corrected chi connectivity index (χ0v) is 12.3. The van der Waals surface area contributed by atoms with Gasteiger partial charge in [-0.15, -0.1) is 11.3 Å². The lowest BCUT2D eigenvalue weighted by atomic mass is 10.1. The van der Waals surface area contributed by atoms with Crippen LogP contribution in [0.4, 0.5) is 0 Å². The molecule has 0 fully saturated rings. The molecule has 18 heavy (non-hydrogen) atoms. The van der Waals surface area contributed by atoms with Crippen LogP contribution in [0.5, 0.6) is 0 Å². The van der Waals surface area contributed by atoms with Gasteiger partial charge >= 0.3 is 0 Å². The van der Waals surface area contributed by atoms with E-state index in [4.69, 9.17) is 28.9 Å². The van der Waals surface area contributed by atoms with Crippen molar-refractivity contribution in [2.45, 2.75) is 25.8 Å². The van der Waals surface area contributed by atoms with Crippen molar-refractivity contribution in [2.24, 2.45) is 5.73 Å². The zero-order valence-electron chi connectivity index (χ0n) is 9.99. The van der Waals surface area contributed by atoms with Crippen molar-refractivity contribution in [3.05, 3.63) is 38.6 Å². The predicted octanol–water partition coefficient (Wildman–Crippen LogP) is 4.40. The topological polar surface area (TPSA) is 38.9 Å². The summed E-state index contributed by atoms with van der Waals surface area (Å²) in [6.07, 6.45) is 1.77. The van der Waals surface area contributed by atoms with Crippen LogP contribution in [0.15, 0.2) is 23.6 Å². The smallest absolute Gasteiger partial charge is 0.0948 e. The van der Waals surface area contributed by atoms with Crippen molar-refractivity contribution < 1.29 is 0 Å². The maximum absolute atomic E-state index is 6.16. The van der Waals surface area contributed by atoms with Crippen molar-refractivity contribution >= 4 is 34.5 Å². The van der Waals surface area contributed by atoms with Crippen LogP contribution in [0.25, 0.3) is 11.3 Å². The van der Waals surface area contributed by atoms with Crippen molar-refractivity contribution in [1.82, 2.24) is 4.98 Å². The summed E-state index contributed by atoms with van der Waals surface area (Å²) in [5.41, 5.74) is 7.73. The van der Waals surface area contributed by atoms with Gasteiger partial charge < -0.3 is 5.73 Å². The lowest BCUT2D eigenvalue weighted by Gasteiger charge is -2.04. The summed E-state index contributed by atoms with van der Waals surface area (Å²) in [6, 6.07) is 5.61. The summed E-state index contributed by atoms with van der Waals surface area (Å²) >= 11 is 13.7. The summed E-state index contributed by atoms with van der Waals surface area (Å²) in [6.45, 7) is 2.08. The fourth-order valence-electron chi connectivity index (χ4n) is 1.59. The normalized spacial score (nSPS) is 12.7. The van der Waals surface area contributed by atoms with Crippen molar-refractivity contribution in [1.29, 1.82) is 0 Å². The Morgan fingerprint density at radius 2 is 2.17 bits per heavy atom. The number of aromatic nitrogens is 1. The first kappa shape index (κ1) is 13.8. The highest BCUT2D eigenvalue weighted by Gasteiger charge is 2.10. The maximum Gasteiger partial charge on any atom is 0.0948 e. The third-order valence-electron chi connectivity index (χ3n) is 2.72. The number of nitrogens with zero attached hydrogens (tertiary/aromatic N) is 1. The van der Waals surface area contributed by atoms with E-state index in [1.165, 1.54) is 0 Å². The molecule has 1 atom stereocenters. The molecule has 1 aromatic carbocycles. The second-order valence-corrected chi connectivity index (χ2v) is 5.91. The van der Waals surface area contributed by atoms with Crippen LogP contribution in [0.3, 0.4) is 0 Å². The van der Waals surface area contributed by atoms with Gasteiger partial charge in [-0.2, -0.15) is 0 Å². The highest BCUT2D eigenvalue weighted by Crippen LogP contribution is 2.31. The molecule has 2 nitrogen and oxygen atoms in total. The largest absolute Gasteiger partial charge is 0.327 e. The third-order valence-corrected chi connectivity index (χ3v) is 4.14. The van der Waals surface area contributed by atoms with Gasteiger partial charge in [-0.1, -0.05) is 30.1 Å². The summed E-state index contributed by atoms with van der Waals surface area (Å²) in [5, 5.41) is 4.31. The molecule has 1 unspecified atom stereocenters. The molecule has 0 aliphatic heterocycles. The van der Waals surface area contributed by atoms with Gasteiger partial charge in [-0.05, 0) is 24.6 Å². The molecule has 0 bridgehead atoms. The Balaban J connectivity index is 2.24. The maximum atomic E-state index is 6.16. The Bertz CT molecular complexity index is 540. The number of hydrogen-bond acceptors (Lipinski definition) is 3. The van der Waals surface area contributed by atoms with E-state index in [0.29, 0.717) is 10.0 Å². The Labute approximate surface area is 121 Å². The first-order chi connectivity index (χ1) is 8.60. The molecule has 0 saturated heterocycles. The molecule has 0 saturated carbocycles. The minimum atomic E-state index is 0.171. The van der Waals surface area contributed by atoms with Crippen molar-refractivity contribution in [3.8, 4) is 11.3 Å². The Kier molecular flexibility index (Phi) is 4.62. The molecular weight excluding hydrogens is 287 g/mol. The van der Waals surface area contributed by atoms with E-state index in [9.17, 15) is 0 Å². The molecule has 1 heterocycles. The van der Waals surface area contributed by atoms with E-state index in [0.717, 1.165) is 29.1 Å². The van der Waals surface area contributed by atoms with E-state index in [1.54, 1.807) is 17.4 Å². The molecule has 96 valence electrons. The molecule has 0 amide bonds. The fourth-order valence-corrected chi connectivity index (χ4v) is 2.99. The Morgan fingerprint density at radius 1 is 1.39 bits per heavy atom. The lowest BCUT2D eigenvalue weighted by molar-refractivity contribution is 0.644. The second kappa shape index (κ2) is 6.02. The van der Waals surface area contributed by atoms with Crippen LogP contribution in [0.2, 0.25) is 10.0 Å². The lowest BCUT2D eigenvalue weighted by Crippen LogP contribution is -2.21. The van der Waals surface area contributed by atoms with Crippen molar-refractivity contribution in [2.75, 3.05) is 0 Å². The number of benzene rings is 1. The SMILES string of the molecule is CCC(N)Cc1nc(-c2ccc(Cl)cc2Cl)cs1. The van der Waals surface area contributed by atoms with E-state index >= 15 is 0 Å². The number of halogens is 2. The standard InChI is InChI=1S/C13H14Cl2N2S/c1-2-9(16)6-13-17-12(7-18-13)10-4-3-8(14)5-11(10)15/h3-5,7,9H,2,6,16H2,1H3. The molecule has 0 aliphatic rings. The summed E-state index contributed by atoms with van der Waals surface area (Å²) < 4.78 is 0. The number of rotatable bonds is 4. The Hall–Kier alpha value is -0.610. The Morgan fingerprint density at radius 3 is 2.83 bits per heavy atom. The van der Waals surface area contributed by atoms with Gasteiger partial charge in [0.2, 0.25) is 0 Å². The molecule has 0 radical (unpaired) electrons. The summed E-state index contributed by atoms with van der Waals surface area (Å²) in [5.74, 6) is 0. The molecule has 5 heteroatoms. The highest BCUT2D eigenvalue weighted by molar-refractivity contribution is 7.10. The first-order valence-electron chi connectivity index (χ1n) is 5.75. The molecule has 0 spiro atoms. The van der Waals surface area contributed by atoms with E-state index in [-0.39, 0.29) is 6.04 Å². The molecule has 1 aromatic heterocycles. The molecule has 2 rings (SSSR count). The van der Waals surface area contributed by atoms with Gasteiger partial charge in [-0.25, -0.2) is 4.98 Å². The van der Waals surface area contributed by atoms with Crippen LogP contribution in [-0.2, 0) is 6.42 Å². The van der Waals surface area contributed by atoms with E-state index < -0.39 is 0 Å². The first-order valence-corrected chi connectivity index (χ1v) is 7.39. The van der Waals surface area contributed by atoms with Crippen LogP contribution in [-0.4, -0.2) is 11.0 Å². The van der Waals surface area contributed by atoms with Gasteiger partial charge in [0.25, 0.3) is 0 Å². The summed E-state index contributed by atoms with van der Waals surface area (Å²) in [7, 11) is 0. The van der Waals surface area contributed by atoms with Crippen LogP contribution in [0.1, 0.15) is 18.4 Å². The van der Waals surface area contributed by atoms with Crippen molar-refractivity contribution in [3.63, 3.8) is 0 Å². The monoisotopic (exact) mass is 300 g/mol. The van der Waals surface area contributed by atoms with Gasteiger partial charge in [0.15, 0.2) is 0 Å². The molecular formula is C13H14Cl2N2S. The average Bonchev–Trinajstić information content (AvgIpc) is 2.77. The van der Waals surface area contributed by atoms with Gasteiger partial charge in [0.05, 0.1) is 15.7 Å². The minimum absolute atomic E-state index is 0.171. The zero-order chi connectivity index (χ0) is 13.1. The van der Waals surface area contributed by atoms with Gasteiger partial charge in [-0.3, -0.25) is 0 Å². The number of hydrogen-bond donors (Lipinski definition) is 1. The van der Waals surface area contributed by atoms with Gasteiger partial charge in [0.1, 0.15) is 0 Å². The third kappa shape index (κ3) is 3.23. The average molecular weight is 301 g/mol.